The van der Waals surface area contributed by atoms with Crippen molar-refractivity contribution < 1.29 is 9.18 Å². The first-order valence-corrected chi connectivity index (χ1v) is 7.39. The molecule has 0 bridgehead atoms. The van der Waals surface area contributed by atoms with Crippen LogP contribution in [0.4, 0.5) is 14.9 Å². The van der Waals surface area contributed by atoms with Crippen LogP contribution in [0.25, 0.3) is 0 Å². The molecule has 2 heterocycles. The number of benzene rings is 1. The first-order valence-electron chi connectivity index (χ1n) is 7.39. The number of rotatable bonds is 2. The molecule has 1 aliphatic heterocycles. The Hall–Kier alpha value is -2.43. The van der Waals surface area contributed by atoms with E-state index in [2.05, 4.69) is 10.3 Å². The van der Waals surface area contributed by atoms with Gasteiger partial charge in [-0.15, -0.1) is 0 Å². The van der Waals surface area contributed by atoms with Gasteiger partial charge in [-0.3, -0.25) is 4.98 Å². The molecule has 1 aromatic carbocycles. The zero-order valence-corrected chi connectivity index (χ0v) is 12.4. The second-order valence-corrected chi connectivity index (χ2v) is 5.52. The number of likely N-dealkylation sites (tertiary alicyclic amines) is 1. The molecule has 114 valence electrons. The third-order valence-electron chi connectivity index (χ3n) is 4.05. The van der Waals surface area contributed by atoms with Crippen LogP contribution in [0.1, 0.15) is 30.0 Å². The Morgan fingerprint density at radius 2 is 2.09 bits per heavy atom. The lowest BCUT2D eigenvalue weighted by atomic mass is 10.1. The Kier molecular flexibility index (Phi) is 4.04. The molecular weight excluding hydrogens is 281 g/mol. The van der Waals surface area contributed by atoms with E-state index in [4.69, 9.17) is 0 Å². The van der Waals surface area contributed by atoms with Gasteiger partial charge >= 0.3 is 6.03 Å². The normalized spacial score (nSPS) is 17.5. The van der Waals surface area contributed by atoms with E-state index in [0.29, 0.717) is 12.2 Å². The largest absolute Gasteiger partial charge is 0.322 e. The maximum Gasteiger partial charge on any atom is 0.322 e. The summed E-state index contributed by atoms with van der Waals surface area (Å²) in [6.07, 6.45) is 5.36. The molecule has 1 unspecified atom stereocenters. The number of nitrogens with zero attached hydrogens (tertiary/aromatic N) is 2. The van der Waals surface area contributed by atoms with Crippen molar-refractivity contribution in [2.24, 2.45) is 0 Å². The molecule has 0 aliphatic carbocycles. The molecule has 4 nitrogen and oxygen atoms in total. The maximum absolute atomic E-state index is 13.3. The summed E-state index contributed by atoms with van der Waals surface area (Å²) >= 11 is 0. The molecule has 1 aliphatic rings. The molecule has 1 fully saturated rings. The predicted octanol–water partition coefficient (Wildman–Crippen LogP) is 3.90. The fraction of sp³-hybridized carbons (Fsp3) is 0.294. The highest BCUT2D eigenvalue weighted by Crippen LogP contribution is 2.32. The van der Waals surface area contributed by atoms with Crippen LogP contribution >= 0.6 is 0 Å². The van der Waals surface area contributed by atoms with Crippen molar-refractivity contribution in [3.8, 4) is 0 Å². The van der Waals surface area contributed by atoms with E-state index in [0.717, 1.165) is 24.0 Å². The quantitative estimate of drug-likeness (QED) is 0.914. The Balaban J connectivity index is 1.78. The molecule has 1 saturated heterocycles. The number of carbonyl (C=O) groups excluding carboxylic acids is 1. The topological polar surface area (TPSA) is 45.2 Å². The van der Waals surface area contributed by atoms with Gasteiger partial charge in [-0.2, -0.15) is 0 Å². The van der Waals surface area contributed by atoms with E-state index < -0.39 is 0 Å². The van der Waals surface area contributed by atoms with Crippen LogP contribution < -0.4 is 5.32 Å². The monoisotopic (exact) mass is 299 g/mol. The number of amides is 2. The van der Waals surface area contributed by atoms with Gasteiger partial charge in [-0.05, 0) is 55.2 Å². The van der Waals surface area contributed by atoms with Gasteiger partial charge in [0.1, 0.15) is 5.82 Å². The average Bonchev–Trinajstić information content (AvgIpc) is 3.01. The van der Waals surface area contributed by atoms with Crippen molar-refractivity contribution in [1.29, 1.82) is 0 Å². The number of aryl methyl sites for hydroxylation is 1. The lowest BCUT2D eigenvalue weighted by molar-refractivity contribution is 0.207. The number of hydrogen-bond donors (Lipinski definition) is 1. The van der Waals surface area contributed by atoms with Gasteiger partial charge in [0, 0.05) is 24.6 Å². The second-order valence-electron chi connectivity index (χ2n) is 5.52. The molecule has 0 radical (unpaired) electrons. The summed E-state index contributed by atoms with van der Waals surface area (Å²) < 4.78 is 13.3. The average molecular weight is 299 g/mol. The molecule has 0 saturated carbocycles. The highest BCUT2D eigenvalue weighted by atomic mass is 19.1. The molecule has 1 N–H and O–H groups in total. The fourth-order valence-corrected chi connectivity index (χ4v) is 2.86. The molecule has 1 aromatic heterocycles. The minimum Gasteiger partial charge on any atom is -0.317 e. The Morgan fingerprint density at radius 3 is 2.86 bits per heavy atom. The summed E-state index contributed by atoms with van der Waals surface area (Å²) in [5.41, 5.74) is 2.44. The van der Waals surface area contributed by atoms with Crippen LogP contribution in [0, 0.1) is 12.7 Å². The zero-order valence-electron chi connectivity index (χ0n) is 12.4. The first kappa shape index (κ1) is 14.5. The summed E-state index contributed by atoms with van der Waals surface area (Å²) in [4.78, 5) is 18.4. The number of urea groups is 1. The number of anilines is 1. The summed E-state index contributed by atoms with van der Waals surface area (Å²) in [5.74, 6) is -0.354. The predicted molar refractivity (Wildman–Crippen MR) is 83.1 cm³/mol. The molecule has 0 spiro atoms. The van der Waals surface area contributed by atoms with Crippen molar-refractivity contribution in [3.05, 3.63) is 59.7 Å². The van der Waals surface area contributed by atoms with E-state index in [1.807, 2.05) is 19.1 Å². The summed E-state index contributed by atoms with van der Waals surface area (Å²) in [6.45, 7) is 2.55. The Labute approximate surface area is 129 Å². The van der Waals surface area contributed by atoms with Crippen LogP contribution in [-0.2, 0) is 0 Å². The van der Waals surface area contributed by atoms with Crippen molar-refractivity contribution in [2.75, 3.05) is 11.9 Å². The highest BCUT2D eigenvalue weighted by molar-refractivity contribution is 5.90. The minimum absolute atomic E-state index is 0.0527. The van der Waals surface area contributed by atoms with Gasteiger partial charge in [0.2, 0.25) is 0 Å². The lowest BCUT2D eigenvalue weighted by Gasteiger charge is -2.25. The molecule has 1 atom stereocenters. The lowest BCUT2D eigenvalue weighted by Crippen LogP contribution is -2.34. The molecule has 22 heavy (non-hydrogen) atoms. The summed E-state index contributed by atoms with van der Waals surface area (Å²) in [6, 6.07) is 8.14. The Morgan fingerprint density at radius 1 is 1.32 bits per heavy atom. The smallest absolute Gasteiger partial charge is 0.317 e. The number of pyridine rings is 1. The van der Waals surface area contributed by atoms with Gasteiger partial charge in [0.15, 0.2) is 0 Å². The van der Waals surface area contributed by atoms with Crippen molar-refractivity contribution in [2.45, 2.75) is 25.8 Å². The van der Waals surface area contributed by atoms with E-state index >= 15 is 0 Å². The number of aromatic nitrogens is 1. The third-order valence-corrected chi connectivity index (χ3v) is 4.05. The molecule has 2 amide bonds. The first-order chi connectivity index (χ1) is 10.6. The maximum atomic E-state index is 13.3. The fourth-order valence-electron chi connectivity index (χ4n) is 2.86. The van der Waals surface area contributed by atoms with E-state index in [-0.39, 0.29) is 17.9 Å². The molecule has 3 rings (SSSR count). The number of nitrogens with one attached hydrogen (secondary N) is 1. The van der Waals surface area contributed by atoms with Gasteiger partial charge in [0.05, 0.1) is 6.04 Å². The van der Waals surface area contributed by atoms with Gasteiger partial charge in [-0.25, -0.2) is 9.18 Å². The van der Waals surface area contributed by atoms with Gasteiger partial charge in [0.25, 0.3) is 0 Å². The van der Waals surface area contributed by atoms with Crippen LogP contribution in [-0.4, -0.2) is 22.5 Å². The van der Waals surface area contributed by atoms with E-state index in [1.54, 1.807) is 23.4 Å². The standard InChI is InChI=1S/C17H18FN3O/c1-12-4-5-14(18)11-15(12)20-17(22)21-10-2-3-16(21)13-6-8-19-9-7-13/h4-9,11,16H,2-3,10H2,1H3,(H,20,22). The minimum atomic E-state index is -0.354. The van der Waals surface area contributed by atoms with Gasteiger partial charge < -0.3 is 10.2 Å². The SMILES string of the molecule is Cc1ccc(F)cc1NC(=O)N1CCCC1c1ccncc1. The van der Waals surface area contributed by atoms with Gasteiger partial charge in [-0.1, -0.05) is 6.07 Å². The van der Waals surface area contributed by atoms with Crippen LogP contribution in [0.2, 0.25) is 0 Å². The van der Waals surface area contributed by atoms with Crippen LogP contribution in [0.3, 0.4) is 0 Å². The summed E-state index contributed by atoms with van der Waals surface area (Å²) in [7, 11) is 0. The van der Waals surface area contributed by atoms with Crippen molar-refractivity contribution in [1.82, 2.24) is 9.88 Å². The van der Waals surface area contributed by atoms with Crippen molar-refractivity contribution in [3.63, 3.8) is 0 Å². The van der Waals surface area contributed by atoms with E-state index in [1.165, 1.54) is 12.1 Å². The molecule has 2 aromatic rings. The highest BCUT2D eigenvalue weighted by Gasteiger charge is 2.30. The second kappa shape index (κ2) is 6.13. The third kappa shape index (κ3) is 2.93. The molecule has 5 heteroatoms. The Bertz CT molecular complexity index is 675. The number of hydrogen-bond acceptors (Lipinski definition) is 2. The van der Waals surface area contributed by atoms with Crippen LogP contribution in [0.15, 0.2) is 42.7 Å². The number of halogens is 1. The van der Waals surface area contributed by atoms with E-state index in [9.17, 15) is 9.18 Å². The van der Waals surface area contributed by atoms with Crippen LogP contribution in [0.5, 0.6) is 0 Å². The summed E-state index contributed by atoms with van der Waals surface area (Å²) in [5, 5.41) is 2.82. The number of carbonyl (C=O) groups is 1. The zero-order chi connectivity index (χ0) is 15.5. The van der Waals surface area contributed by atoms with Crippen molar-refractivity contribution >= 4 is 11.7 Å². The molecular formula is C17H18FN3O.